The second-order valence-electron chi connectivity index (χ2n) is 7.36. The summed E-state index contributed by atoms with van der Waals surface area (Å²) in [5.74, 6) is 0.913. The Bertz CT molecular complexity index is 1260. The molecule has 0 aliphatic carbocycles. The number of hydrogen-bond acceptors (Lipinski definition) is 5. The van der Waals surface area contributed by atoms with Crippen molar-refractivity contribution in [1.29, 1.82) is 0 Å². The summed E-state index contributed by atoms with van der Waals surface area (Å²) < 4.78 is 11.9. The number of ether oxygens (including phenoxy) is 2. The number of methoxy groups -OCH3 is 2. The van der Waals surface area contributed by atoms with Gasteiger partial charge >= 0.3 is 0 Å². The van der Waals surface area contributed by atoms with Crippen LogP contribution in [0.4, 0.5) is 0 Å². The average molecular weight is 429 g/mol. The number of pyridine rings is 1. The molecule has 2 heterocycles. The van der Waals surface area contributed by atoms with Crippen LogP contribution in [0.15, 0.2) is 77.9 Å². The van der Waals surface area contributed by atoms with Gasteiger partial charge in [0, 0.05) is 12.4 Å². The SMILES string of the molecule is COc1ccc(C(NC(=O)c2cnc3cc(C)ccn3c2=O)c2ccc(OC)cc2)cc1. The van der Waals surface area contributed by atoms with Gasteiger partial charge in [-0.1, -0.05) is 24.3 Å². The first-order chi connectivity index (χ1) is 15.5. The van der Waals surface area contributed by atoms with Gasteiger partial charge in [-0.05, 0) is 60.0 Å². The number of carbonyl (C=O) groups excluding carboxylic acids is 1. The summed E-state index contributed by atoms with van der Waals surface area (Å²) in [5.41, 5.74) is 2.71. The van der Waals surface area contributed by atoms with E-state index in [4.69, 9.17) is 9.47 Å². The van der Waals surface area contributed by atoms with Crippen molar-refractivity contribution in [3.63, 3.8) is 0 Å². The van der Waals surface area contributed by atoms with Crippen LogP contribution in [0, 0.1) is 6.92 Å². The molecular formula is C25H23N3O4. The molecule has 4 aromatic rings. The lowest BCUT2D eigenvalue weighted by Crippen LogP contribution is -2.34. The second-order valence-corrected chi connectivity index (χ2v) is 7.36. The Morgan fingerprint density at radius 3 is 2.03 bits per heavy atom. The number of amides is 1. The van der Waals surface area contributed by atoms with E-state index in [1.807, 2.05) is 55.5 Å². The number of fused-ring (bicyclic) bond motifs is 1. The first-order valence-corrected chi connectivity index (χ1v) is 10.1. The zero-order valence-corrected chi connectivity index (χ0v) is 18.0. The zero-order valence-electron chi connectivity index (χ0n) is 18.0. The number of aryl methyl sites for hydroxylation is 1. The third-order valence-corrected chi connectivity index (χ3v) is 5.28. The normalized spacial score (nSPS) is 10.9. The Labute approximate surface area is 185 Å². The molecule has 0 saturated carbocycles. The van der Waals surface area contributed by atoms with E-state index in [1.165, 1.54) is 10.6 Å². The Balaban J connectivity index is 1.72. The third kappa shape index (κ3) is 4.18. The smallest absolute Gasteiger partial charge is 0.270 e. The van der Waals surface area contributed by atoms with Crippen molar-refractivity contribution in [2.45, 2.75) is 13.0 Å². The van der Waals surface area contributed by atoms with E-state index in [0.29, 0.717) is 17.1 Å². The molecule has 4 rings (SSSR count). The predicted octanol–water partition coefficient (Wildman–Crippen LogP) is 3.54. The molecule has 0 bridgehead atoms. The van der Waals surface area contributed by atoms with Gasteiger partial charge in [-0.25, -0.2) is 4.98 Å². The molecular weight excluding hydrogens is 406 g/mol. The van der Waals surface area contributed by atoms with Gasteiger partial charge in [0.25, 0.3) is 11.5 Å². The van der Waals surface area contributed by atoms with Gasteiger partial charge < -0.3 is 14.8 Å². The maximum atomic E-state index is 13.2. The van der Waals surface area contributed by atoms with Crippen LogP contribution >= 0.6 is 0 Å². The van der Waals surface area contributed by atoms with Gasteiger partial charge in [-0.3, -0.25) is 14.0 Å². The van der Waals surface area contributed by atoms with E-state index < -0.39 is 17.5 Å². The number of nitrogens with one attached hydrogen (secondary N) is 1. The lowest BCUT2D eigenvalue weighted by molar-refractivity contribution is 0.0941. The molecule has 7 nitrogen and oxygen atoms in total. The number of carbonyl (C=O) groups is 1. The van der Waals surface area contributed by atoms with Crippen LogP contribution in [0.25, 0.3) is 5.65 Å². The molecule has 0 fully saturated rings. The van der Waals surface area contributed by atoms with Crippen molar-refractivity contribution >= 4 is 11.6 Å². The quantitative estimate of drug-likeness (QED) is 0.507. The van der Waals surface area contributed by atoms with Gasteiger partial charge in [-0.15, -0.1) is 0 Å². The van der Waals surface area contributed by atoms with E-state index in [0.717, 1.165) is 16.7 Å². The van der Waals surface area contributed by atoms with Crippen molar-refractivity contribution in [3.05, 3.63) is 106 Å². The van der Waals surface area contributed by atoms with Gasteiger partial charge in [-0.2, -0.15) is 0 Å². The maximum absolute atomic E-state index is 13.2. The molecule has 0 aliphatic rings. The molecule has 162 valence electrons. The number of nitrogens with zero attached hydrogens (tertiary/aromatic N) is 2. The summed E-state index contributed by atoms with van der Waals surface area (Å²) >= 11 is 0. The predicted molar refractivity (Wildman–Crippen MR) is 121 cm³/mol. The van der Waals surface area contributed by atoms with Crippen molar-refractivity contribution in [2.24, 2.45) is 0 Å². The fourth-order valence-corrected chi connectivity index (χ4v) is 3.49. The van der Waals surface area contributed by atoms with Crippen LogP contribution in [-0.4, -0.2) is 29.5 Å². The Morgan fingerprint density at radius 2 is 1.50 bits per heavy atom. The first-order valence-electron chi connectivity index (χ1n) is 10.1. The summed E-state index contributed by atoms with van der Waals surface area (Å²) in [4.78, 5) is 30.4. The standard InChI is InChI=1S/C25H23N3O4/c1-16-12-13-28-22(14-16)26-15-21(25(28)30)24(29)27-23(17-4-8-19(31-2)9-5-17)18-6-10-20(32-3)11-7-18/h4-15,23H,1-3H3,(H,27,29). The van der Waals surface area contributed by atoms with E-state index in [-0.39, 0.29) is 5.56 Å². The van der Waals surface area contributed by atoms with Crippen LogP contribution in [-0.2, 0) is 0 Å². The molecule has 0 radical (unpaired) electrons. The van der Waals surface area contributed by atoms with Crippen LogP contribution in [0.3, 0.4) is 0 Å². The number of hydrogen-bond donors (Lipinski definition) is 1. The van der Waals surface area contributed by atoms with Crippen molar-refractivity contribution in [2.75, 3.05) is 14.2 Å². The molecule has 0 unspecified atom stereocenters. The lowest BCUT2D eigenvalue weighted by Gasteiger charge is -2.20. The molecule has 0 spiro atoms. The van der Waals surface area contributed by atoms with Gasteiger partial charge in [0.1, 0.15) is 22.7 Å². The first kappa shape index (κ1) is 21.1. The average Bonchev–Trinajstić information content (AvgIpc) is 2.82. The molecule has 1 N–H and O–H groups in total. The Hall–Kier alpha value is -4.13. The molecule has 0 saturated heterocycles. The molecule has 2 aromatic carbocycles. The van der Waals surface area contributed by atoms with E-state index >= 15 is 0 Å². The van der Waals surface area contributed by atoms with Crippen LogP contribution in [0.5, 0.6) is 11.5 Å². The summed E-state index contributed by atoms with van der Waals surface area (Å²) in [7, 11) is 3.19. The lowest BCUT2D eigenvalue weighted by atomic mass is 9.98. The van der Waals surface area contributed by atoms with Crippen molar-refractivity contribution in [1.82, 2.24) is 14.7 Å². The molecule has 2 aromatic heterocycles. The fourth-order valence-electron chi connectivity index (χ4n) is 3.49. The van der Waals surface area contributed by atoms with Crippen LogP contribution in [0.1, 0.15) is 33.1 Å². The van der Waals surface area contributed by atoms with Gasteiger partial charge in [0.05, 0.1) is 20.3 Å². The third-order valence-electron chi connectivity index (χ3n) is 5.28. The molecule has 0 aliphatic heterocycles. The van der Waals surface area contributed by atoms with E-state index in [2.05, 4.69) is 10.3 Å². The minimum absolute atomic E-state index is 0.0293. The highest BCUT2D eigenvalue weighted by atomic mass is 16.5. The van der Waals surface area contributed by atoms with Gasteiger partial charge in [0.2, 0.25) is 0 Å². The number of aromatic nitrogens is 2. The number of benzene rings is 2. The minimum Gasteiger partial charge on any atom is -0.497 e. The molecule has 0 atom stereocenters. The fraction of sp³-hybridized carbons (Fsp3) is 0.160. The Kier molecular flexibility index (Phi) is 5.89. The summed E-state index contributed by atoms with van der Waals surface area (Å²) in [6.45, 7) is 1.92. The highest BCUT2D eigenvalue weighted by molar-refractivity contribution is 5.94. The minimum atomic E-state index is -0.505. The Morgan fingerprint density at radius 1 is 0.938 bits per heavy atom. The molecule has 7 heteroatoms. The van der Waals surface area contributed by atoms with Crippen LogP contribution in [0.2, 0.25) is 0 Å². The van der Waals surface area contributed by atoms with Crippen molar-refractivity contribution in [3.8, 4) is 11.5 Å². The maximum Gasteiger partial charge on any atom is 0.270 e. The summed E-state index contributed by atoms with van der Waals surface area (Å²) in [6, 6.07) is 17.9. The monoisotopic (exact) mass is 429 g/mol. The van der Waals surface area contributed by atoms with Crippen molar-refractivity contribution < 1.29 is 14.3 Å². The number of rotatable bonds is 6. The van der Waals surface area contributed by atoms with Gasteiger partial charge in [0.15, 0.2) is 0 Å². The van der Waals surface area contributed by atoms with Crippen LogP contribution < -0.4 is 20.3 Å². The highest BCUT2D eigenvalue weighted by Gasteiger charge is 2.21. The van der Waals surface area contributed by atoms with E-state index in [9.17, 15) is 9.59 Å². The summed E-state index contributed by atoms with van der Waals surface area (Å²) in [6.07, 6.45) is 2.95. The second kappa shape index (κ2) is 8.93. The summed E-state index contributed by atoms with van der Waals surface area (Å²) in [5, 5.41) is 2.98. The topological polar surface area (TPSA) is 81.9 Å². The highest BCUT2D eigenvalue weighted by Crippen LogP contribution is 2.26. The molecule has 32 heavy (non-hydrogen) atoms. The zero-order chi connectivity index (χ0) is 22.7. The molecule has 1 amide bonds. The largest absolute Gasteiger partial charge is 0.497 e. The van der Waals surface area contributed by atoms with E-state index in [1.54, 1.807) is 32.5 Å².